The van der Waals surface area contributed by atoms with Gasteiger partial charge in [0.15, 0.2) is 0 Å². The first-order valence-corrected chi connectivity index (χ1v) is 11.9. The van der Waals surface area contributed by atoms with Crippen molar-refractivity contribution < 1.29 is 13.2 Å². The number of fused-ring (bicyclic) bond motifs is 1. The summed E-state index contributed by atoms with van der Waals surface area (Å²) >= 11 is 0. The zero-order valence-corrected chi connectivity index (χ0v) is 18.8. The zero-order valence-electron chi connectivity index (χ0n) is 18.0. The molecule has 1 aromatic heterocycles. The van der Waals surface area contributed by atoms with Crippen LogP contribution in [0.5, 0.6) is 0 Å². The molecule has 0 bridgehead atoms. The Hall–Kier alpha value is -3.58. The molecule has 0 radical (unpaired) electrons. The van der Waals surface area contributed by atoms with Crippen LogP contribution in [0.1, 0.15) is 12.5 Å². The fourth-order valence-corrected chi connectivity index (χ4v) is 5.56. The molecule has 1 N–H and O–H groups in total. The van der Waals surface area contributed by atoms with E-state index in [9.17, 15) is 13.2 Å². The Bertz CT molecular complexity index is 1360. The van der Waals surface area contributed by atoms with Gasteiger partial charge >= 0.3 is 0 Å². The van der Waals surface area contributed by atoms with Gasteiger partial charge in [0.05, 0.1) is 17.8 Å². The van der Waals surface area contributed by atoms with Crippen molar-refractivity contribution in [2.75, 3.05) is 16.2 Å². The van der Waals surface area contributed by atoms with E-state index < -0.39 is 10.0 Å². The van der Waals surface area contributed by atoms with E-state index >= 15 is 0 Å². The van der Waals surface area contributed by atoms with Crippen LogP contribution < -0.4 is 9.62 Å². The second kappa shape index (κ2) is 8.88. The fourth-order valence-electron chi connectivity index (χ4n) is 3.93. The number of nitrogens with one attached hydrogen (secondary N) is 1. The lowest BCUT2D eigenvalue weighted by molar-refractivity contribution is -0.115. The van der Waals surface area contributed by atoms with Crippen LogP contribution >= 0.6 is 0 Å². The number of amides is 1. The van der Waals surface area contributed by atoms with Gasteiger partial charge in [-0.3, -0.25) is 9.10 Å². The number of hydrogen-bond donors (Lipinski definition) is 1. The Morgan fingerprint density at radius 1 is 0.938 bits per heavy atom. The summed E-state index contributed by atoms with van der Waals surface area (Å²) in [5, 5.41) is 3.82. The maximum atomic E-state index is 13.5. The molecule has 1 amide bonds. The first-order chi connectivity index (χ1) is 15.4. The molecule has 0 spiro atoms. The standard InChI is InChI=1S/C25H25N3O3S/c1-3-28(20-11-5-4-6-12-20)32(30,31)24-16-10-8-14-22(24)26-25(29)17-19-18-27(2)23-15-9-7-13-21(19)23/h4-16,18H,3,17H2,1-2H3,(H,26,29). The van der Waals surface area contributed by atoms with E-state index in [4.69, 9.17) is 0 Å². The number of anilines is 2. The second-order valence-electron chi connectivity index (χ2n) is 7.51. The van der Waals surface area contributed by atoms with E-state index in [1.807, 2.05) is 48.1 Å². The van der Waals surface area contributed by atoms with E-state index in [1.54, 1.807) is 49.4 Å². The highest BCUT2D eigenvalue weighted by Crippen LogP contribution is 2.29. The van der Waals surface area contributed by atoms with Gasteiger partial charge in [-0.1, -0.05) is 48.5 Å². The molecule has 164 valence electrons. The number of aromatic nitrogens is 1. The van der Waals surface area contributed by atoms with Gasteiger partial charge in [0, 0.05) is 30.7 Å². The number of hydrogen-bond acceptors (Lipinski definition) is 3. The predicted octanol–water partition coefficient (Wildman–Crippen LogP) is 4.57. The van der Waals surface area contributed by atoms with Crippen LogP contribution in [0.3, 0.4) is 0 Å². The molecule has 0 aliphatic heterocycles. The minimum atomic E-state index is -3.87. The minimum absolute atomic E-state index is 0.0666. The predicted molar refractivity (Wildman–Crippen MR) is 128 cm³/mol. The number of rotatable bonds is 7. The largest absolute Gasteiger partial charge is 0.350 e. The molecule has 3 aromatic carbocycles. The van der Waals surface area contributed by atoms with Crippen molar-refractivity contribution in [3.05, 3.63) is 90.6 Å². The number of carbonyl (C=O) groups excluding carboxylic acids is 1. The average molecular weight is 448 g/mol. The molecule has 0 fully saturated rings. The van der Waals surface area contributed by atoms with Gasteiger partial charge in [0.1, 0.15) is 4.90 Å². The Balaban J connectivity index is 1.63. The van der Waals surface area contributed by atoms with Gasteiger partial charge in [-0.05, 0) is 42.8 Å². The molecule has 4 aromatic rings. The summed E-state index contributed by atoms with van der Waals surface area (Å²) in [6.45, 7) is 2.05. The Labute approximate surface area is 188 Å². The molecular formula is C25H25N3O3S. The number of benzene rings is 3. The highest BCUT2D eigenvalue weighted by atomic mass is 32.2. The van der Waals surface area contributed by atoms with Crippen molar-refractivity contribution in [3.63, 3.8) is 0 Å². The molecule has 0 aliphatic carbocycles. The lowest BCUT2D eigenvalue weighted by Crippen LogP contribution is -2.31. The maximum Gasteiger partial charge on any atom is 0.266 e. The molecule has 0 saturated heterocycles. The quantitative estimate of drug-likeness (QED) is 0.451. The van der Waals surface area contributed by atoms with E-state index in [2.05, 4.69) is 5.32 Å². The molecule has 0 aliphatic rings. The third-order valence-electron chi connectivity index (χ3n) is 5.39. The second-order valence-corrected chi connectivity index (χ2v) is 9.34. The van der Waals surface area contributed by atoms with Gasteiger partial charge in [-0.15, -0.1) is 0 Å². The molecule has 1 heterocycles. The monoisotopic (exact) mass is 447 g/mol. The van der Waals surface area contributed by atoms with E-state index in [0.29, 0.717) is 5.69 Å². The number of sulfonamides is 1. The Morgan fingerprint density at radius 2 is 1.59 bits per heavy atom. The van der Waals surface area contributed by atoms with Gasteiger partial charge in [0.2, 0.25) is 5.91 Å². The summed E-state index contributed by atoms with van der Waals surface area (Å²) in [5.74, 6) is -0.272. The Morgan fingerprint density at radius 3 is 2.34 bits per heavy atom. The van der Waals surface area contributed by atoms with E-state index in [1.165, 1.54) is 10.4 Å². The summed E-state index contributed by atoms with van der Waals surface area (Å²) in [6.07, 6.45) is 2.08. The Kier molecular flexibility index (Phi) is 6.01. The van der Waals surface area contributed by atoms with Gasteiger partial charge in [-0.25, -0.2) is 8.42 Å². The fraction of sp³-hybridized carbons (Fsp3) is 0.160. The first-order valence-electron chi connectivity index (χ1n) is 10.4. The molecule has 4 rings (SSSR count). The van der Waals surface area contributed by atoms with Crippen molar-refractivity contribution >= 4 is 38.2 Å². The van der Waals surface area contributed by atoms with Crippen LogP contribution in [0, 0.1) is 0 Å². The van der Waals surface area contributed by atoms with Crippen molar-refractivity contribution in [1.29, 1.82) is 0 Å². The summed E-state index contributed by atoms with van der Waals surface area (Å²) in [4.78, 5) is 13.0. The van der Waals surface area contributed by atoms with E-state index in [-0.39, 0.29) is 29.5 Å². The van der Waals surface area contributed by atoms with Crippen molar-refractivity contribution in [2.24, 2.45) is 7.05 Å². The molecule has 6 nitrogen and oxygen atoms in total. The number of carbonyl (C=O) groups is 1. The third-order valence-corrected chi connectivity index (χ3v) is 7.35. The van der Waals surface area contributed by atoms with Crippen LogP contribution in [-0.4, -0.2) is 25.4 Å². The number of aryl methyl sites for hydroxylation is 1. The summed E-state index contributed by atoms with van der Waals surface area (Å²) < 4.78 is 30.3. The number of nitrogens with zero attached hydrogens (tertiary/aromatic N) is 2. The van der Waals surface area contributed by atoms with Gasteiger partial charge in [0.25, 0.3) is 10.0 Å². The summed E-state index contributed by atoms with van der Waals surface area (Å²) in [5.41, 5.74) is 2.78. The highest BCUT2D eigenvalue weighted by Gasteiger charge is 2.27. The summed E-state index contributed by atoms with van der Waals surface area (Å²) in [7, 11) is -1.93. The number of para-hydroxylation sites is 3. The minimum Gasteiger partial charge on any atom is -0.350 e. The topological polar surface area (TPSA) is 71.4 Å². The zero-order chi connectivity index (χ0) is 22.7. The molecule has 32 heavy (non-hydrogen) atoms. The van der Waals surface area contributed by atoms with Gasteiger partial charge in [-0.2, -0.15) is 0 Å². The van der Waals surface area contributed by atoms with Crippen LogP contribution in [0.4, 0.5) is 11.4 Å². The van der Waals surface area contributed by atoms with Crippen molar-refractivity contribution in [3.8, 4) is 0 Å². The molecule has 7 heteroatoms. The SMILES string of the molecule is CCN(c1ccccc1)S(=O)(=O)c1ccccc1NC(=O)Cc1cn(C)c2ccccc12. The van der Waals surface area contributed by atoms with Crippen LogP contribution in [0.2, 0.25) is 0 Å². The highest BCUT2D eigenvalue weighted by molar-refractivity contribution is 7.93. The maximum absolute atomic E-state index is 13.5. The van der Waals surface area contributed by atoms with Crippen molar-refractivity contribution in [1.82, 2.24) is 4.57 Å². The van der Waals surface area contributed by atoms with Crippen LogP contribution in [-0.2, 0) is 28.3 Å². The van der Waals surface area contributed by atoms with E-state index in [0.717, 1.165) is 16.5 Å². The normalized spacial score (nSPS) is 11.4. The third kappa shape index (κ3) is 4.11. The molecule has 0 unspecified atom stereocenters. The molecular weight excluding hydrogens is 422 g/mol. The van der Waals surface area contributed by atoms with Crippen LogP contribution in [0.25, 0.3) is 10.9 Å². The average Bonchev–Trinajstić information content (AvgIpc) is 3.10. The lowest BCUT2D eigenvalue weighted by atomic mass is 10.1. The molecule has 0 atom stereocenters. The van der Waals surface area contributed by atoms with Crippen molar-refractivity contribution in [2.45, 2.75) is 18.2 Å². The molecule has 0 saturated carbocycles. The first kappa shape index (κ1) is 21.6. The summed E-state index contributed by atoms with van der Waals surface area (Å²) in [6, 6.07) is 23.3. The van der Waals surface area contributed by atoms with Gasteiger partial charge < -0.3 is 9.88 Å². The van der Waals surface area contributed by atoms with Crippen LogP contribution in [0.15, 0.2) is 90.0 Å². The smallest absolute Gasteiger partial charge is 0.266 e. The lowest BCUT2D eigenvalue weighted by Gasteiger charge is -2.24.